The fourth-order valence-electron chi connectivity index (χ4n) is 2.70. The molecule has 0 N–H and O–H groups in total. The van der Waals surface area contributed by atoms with Crippen molar-refractivity contribution in [1.29, 1.82) is 0 Å². The maximum atomic E-state index is 12.8. The zero-order valence-electron chi connectivity index (χ0n) is 15.1. The van der Waals surface area contributed by atoms with Gasteiger partial charge in [-0.2, -0.15) is 4.31 Å². The van der Waals surface area contributed by atoms with E-state index in [4.69, 9.17) is 4.74 Å². The molecule has 1 heterocycles. The van der Waals surface area contributed by atoms with E-state index in [0.717, 1.165) is 13.1 Å². The van der Waals surface area contributed by atoms with Crippen molar-refractivity contribution in [3.05, 3.63) is 24.3 Å². The molecule has 140 valence electrons. The molecule has 1 fully saturated rings. The van der Waals surface area contributed by atoms with Crippen molar-refractivity contribution in [1.82, 2.24) is 14.1 Å². The van der Waals surface area contributed by atoms with Gasteiger partial charge in [-0.15, -0.1) is 0 Å². The van der Waals surface area contributed by atoms with Crippen molar-refractivity contribution < 1.29 is 17.9 Å². The van der Waals surface area contributed by atoms with E-state index in [-0.39, 0.29) is 23.9 Å². The molecule has 0 saturated carbocycles. The Morgan fingerprint density at radius 1 is 1.12 bits per heavy atom. The summed E-state index contributed by atoms with van der Waals surface area (Å²) in [5.74, 6) is 0.475. The summed E-state index contributed by atoms with van der Waals surface area (Å²) in [7, 11) is -1.70. The number of carbonyl (C=O) groups is 1. The summed E-state index contributed by atoms with van der Waals surface area (Å²) in [6.07, 6.45) is 0. The maximum absolute atomic E-state index is 12.8. The van der Waals surface area contributed by atoms with Gasteiger partial charge in [0.2, 0.25) is 15.9 Å². The number of rotatable bonds is 7. The van der Waals surface area contributed by atoms with E-state index in [1.165, 1.54) is 16.4 Å². The van der Waals surface area contributed by atoms with Crippen molar-refractivity contribution in [3.8, 4) is 5.75 Å². The Kier molecular flexibility index (Phi) is 6.80. The number of amides is 1. The zero-order valence-corrected chi connectivity index (χ0v) is 16.0. The first-order valence-electron chi connectivity index (χ1n) is 8.57. The standard InChI is InChI=1S/C17H27N3O4S/c1-4-20(14-17(21)19-12-10-18(3)11-13-19)25(22,23)16-8-6-15(7-9-16)24-5-2/h6-9H,4-5,10-14H2,1-3H3. The molecule has 1 aliphatic heterocycles. The molecule has 0 bridgehead atoms. The fraction of sp³-hybridized carbons (Fsp3) is 0.588. The molecule has 1 amide bonds. The number of ether oxygens (including phenoxy) is 1. The molecule has 0 radical (unpaired) electrons. The molecule has 1 aromatic carbocycles. The molecule has 1 aromatic rings. The zero-order chi connectivity index (χ0) is 18.4. The number of sulfonamides is 1. The third kappa shape index (κ3) is 4.93. The highest BCUT2D eigenvalue weighted by Gasteiger charge is 2.28. The highest BCUT2D eigenvalue weighted by molar-refractivity contribution is 7.89. The van der Waals surface area contributed by atoms with Crippen molar-refractivity contribution in [3.63, 3.8) is 0 Å². The van der Waals surface area contributed by atoms with Crippen LogP contribution in [0.2, 0.25) is 0 Å². The summed E-state index contributed by atoms with van der Waals surface area (Å²) in [5.41, 5.74) is 0. The predicted octanol–water partition coefficient (Wildman–Crippen LogP) is 0.870. The number of piperazine rings is 1. The van der Waals surface area contributed by atoms with Crippen LogP contribution in [-0.4, -0.2) is 81.4 Å². The molecule has 2 rings (SSSR count). The summed E-state index contributed by atoms with van der Waals surface area (Å²) in [6.45, 7) is 7.13. The van der Waals surface area contributed by atoms with Gasteiger partial charge in [0.05, 0.1) is 18.0 Å². The van der Waals surface area contributed by atoms with Crippen molar-refractivity contribution in [2.75, 3.05) is 52.9 Å². The highest BCUT2D eigenvalue weighted by Crippen LogP contribution is 2.20. The second-order valence-electron chi connectivity index (χ2n) is 6.02. The first-order valence-corrected chi connectivity index (χ1v) is 10.0. The van der Waals surface area contributed by atoms with Gasteiger partial charge >= 0.3 is 0 Å². The number of nitrogens with zero attached hydrogens (tertiary/aromatic N) is 3. The van der Waals surface area contributed by atoms with Crippen LogP contribution in [0.1, 0.15) is 13.8 Å². The molecular formula is C17H27N3O4S. The molecule has 0 spiro atoms. The van der Waals surface area contributed by atoms with E-state index in [1.807, 2.05) is 14.0 Å². The van der Waals surface area contributed by atoms with E-state index in [2.05, 4.69) is 4.90 Å². The van der Waals surface area contributed by atoms with Gasteiger partial charge in [0.1, 0.15) is 5.75 Å². The average molecular weight is 369 g/mol. The number of likely N-dealkylation sites (N-methyl/N-ethyl adjacent to an activating group) is 2. The second kappa shape index (κ2) is 8.64. The topological polar surface area (TPSA) is 70.2 Å². The van der Waals surface area contributed by atoms with Crippen LogP contribution in [-0.2, 0) is 14.8 Å². The molecular weight excluding hydrogens is 342 g/mol. The molecule has 25 heavy (non-hydrogen) atoms. The average Bonchev–Trinajstić information content (AvgIpc) is 2.60. The largest absolute Gasteiger partial charge is 0.494 e. The van der Waals surface area contributed by atoms with Crippen LogP contribution in [0.4, 0.5) is 0 Å². The van der Waals surface area contributed by atoms with Crippen LogP contribution in [0.5, 0.6) is 5.75 Å². The quantitative estimate of drug-likeness (QED) is 0.713. The van der Waals surface area contributed by atoms with Crippen LogP contribution in [0.3, 0.4) is 0 Å². The van der Waals surface area contributed by atoms with Crippen molar-refractivity contribution in [2.24, 2.45) is 0 Å². The lowest BCUT2D eigenvalue weighted by Crippen LogP contribution is -2.50. The van der Waals surface area contributed by atoms with Gasteiger partial charge in [0.15, 0.2) is 0 Å². The third-order valence-corrected chi connectivity index (χ3v) is 6.23. The lowest BCUT2D eigenvalue weighted by Gasteiger charge is -2.33. The molecule has 1 saturated heterocycles. The fourth-order valence-corrected chi connectivity index (χ4v) is 4.10. The molecule has 0 unspecified atom stereocenters. The Hall–Kier alpha value is -1.64. The lowest BCUT2D eigenvalue weighted by molar-refractivity contribution is -0.132. The van der Waals surface area contributed by atoms with Gasteiger partial charge in [-0.1, -0.05) is 6.92 Å². The van der Waals surface area contributed by atoms with Gasteiger partial charge in [-0.05, 0) is 38.2 Å². The molecule has 0 aliphatic carbocycles. The van der Waals surface area contributed by atoms with E-state index in [0.29, 0.717) is 25.4 Å². The Morgan fingerprint density at radius 3 is 2.24 bits per heavy atom. The number of hydrogen-bond acceptors (Lipinski definition) is 5. The number of carbonyl (C=O) groups excluding carboxylic acids is 1. The summed E-state index contributed by atoms with van der Waals surface area (Å²) < 4.78 is 32.2. The van der Waals surface area contributed by atoms with E-state index in [1.54, 1.807) is 24.0 Å². The minimum Gasteiger partial charge on any atom is -0.494 e. The van der Waals surface area contributed by atoms with Gasteiger partial charge in [0.25, 0.3) is 0 Å². The summed E-state index contributed by atoms with van der Waals surface area (Å²) in [4.78, 5) is 16.5. The normalized spacial score (nSPS) is 16.2. The minimum atomic E-state index is -3.71. The Bertz CT molecular complexity index is 668. The highest BCUT2D eigenvalue weighted by atomic mass is 32.2. The number of benzene rings is 1. The monoisotopic (exact) mass is 369 g/mol. The summed E-state index contributed by atoms with van der Waals surface area (Å²) in [5, 5.41) is 0. The lowest BCUT2D eigenvalue weighted by atomic mass is 10.3. The number of hydrogen-bond donors (Lipinski definition) is 0. The molecule has 0 atom stereocenters. The predicted molar refractivity (Wildman–Crippen MR) is 96.1 cm³/mol. The summed E-state index contributed by atoms with van der Waals surface area (Å²) in [6, 6.07) is 6.30. The minimum absolute atomic E-state index is 0.129. The molecule has 7 nitrogen and oxygen atoms in total. The third-order valence-electron chi connectivity index (χ3n) is 4.29. The van der Waals surface area contributed by atoms with Gasteiger partial charge in [-0.25, -0.2) is 8.42 Å². The Balaban J connectivity index is 2.08. The van der Waals surface area contributed by atoms with Crippen molar-refractivity contribution in [2.45, 2.75) is 18.7 Å². The van der Waals surface area contributed by atoms with Crippen LogP contribution in [0.25, 0.3) is 0 Å². The first-order chi connectivity index (χ1) is 11.9. The smallest absolute Gasteiger partial charge is 0.243 e. The SMILES string of the molecule is CCOc1ccc(S(=O)(=O)N(CC)CC(=O)N2CCN(C)CC2)cc1. The van der Waals surface area contributed by atoms with Gasteiger partial charge in [0, 0.05) is 32.7 Å². The van der Waals surface area contributed by atoms with E-state index in [9.17, 15) is 13.2 Å². The van der Waals surface area contributed by atoms with Crippen LogP contribution < -0.4 is 4.74 Å². The first kappa shape index (κ1) is 19.7. The van der Waals surface area contributed by atoms with Crippen LogP contribution in [0, 0.1) is 0 Å². The molecule has 1 aliphatic rings. The van der Waals surface area contributed by atoms with Gasteiger partial charge < -0.3 is 14.5 Å². The van der Waals surface area contributed by atoms with E-state index >= 15 is 0 Å². The Morgan fingerprint density at radius 2 is 1.72 bits per heavy atom. The Labute approximate surface area is 150 Å². The molecule has 8 heteroatoms. The maximum Gasteiger partial charge on any atom is 0.243 e. The van der Waals surface area contributed by atoms with E-state index < -0.39 is 10.0 Å². The van der Waals surface area contributed by atoms with Gasteiger partial charge in [-0.3, -0.25) is 4.79 Å². The molecule has 0 aromatic heterocycles. The van der Waals surface area contributed by atoms with Crippen LogP contribution in [0.15, 0.2) is 29.2 Å². The van der Waals surface area contributed by atoms with Crippen LogP contribution >= 0.6 is 0 Å². The van der Waals surface area contributed by atoms with Crippen molar-refractivity contribution >= 4 is 15.9 Å². The summed E-state index contributed by atoms with van der Waals surface area (Å²) >= 11 is 0. The second-order valence-corrected chi connectivity index (χ2v) is 7.96.